The number of fused-ring (bicyclic) bond motifs is 1. The highest BCUT2D eigenvalue weighted by atomic mass is 16.5. The van der Waals surface area contributed by atoms with Crippen LogP contribution in [-0.2, 0) is 27.2 Å². The number of ether oxygens (including phenoxy) is 1. The van der Waals surface area contributed by atoms with E-state index in [9.17, 15) is 9.59 Å². The number of benzene rings is 1. The Hall–Kier alpha value is -1.88. The van der Waals surface area contributed by atoms with Crippen molar-refractivity contribution in [2.45, 2.75) is 25.4 Å². The van der Waals surface area contributed by atoms with Gasteiger partial charge in [0, 0.05) is 0 Å². The molecule has 1 aromatic carbocycles. The van der Waals surface area contributed by atoms with Crippen LogP contribution in [0.25, 0.3) is 0 Å². The van der Waals surface area contributed by atoms with E-state index >= 15 is 0 Å². The van der Waals surface area contributed by atoms with Crippen molar-refractivity contribution < 1.29 is 19.4 Å². The Morgan fingerprint density at radius 3 is 2.72 bits per heavy atom. The molecule has 1 amide bonds. The summed E-state index contributed by atoms with van der Waals surface area (Å²) in [7, 11) is 0. The molecule has 0 saturated carbocycles. The van der Waals surface area contributed by atoms with Gasteiger partial charge in [0.25, 0.3) is 5.91 Å². The summed E-state index contributed by atoms with van der Waals surface area (Å²) in [6.45, 7) is -0.537. The molecule has 0 bridgehead atoms. The SMILES string of the molecule is NC(=O)C(OCC(=O)O)c1ccc2c(c1)CCC2. The second-order valence-electron chi connectivity index (χ2n) is 4.37. The summed E-state index contributed by atoms with van der Waals surface area (Å²) in [5, 5.41) is 8.57. The van der Waals surface area contributed by atoms with Gasteiger partial charge in [-0.3, -0.25) is 4.79 Å². The lowest BCUT2D eigenvalue weighted by molar-refractivity contribution is -0.147. The molecule has 2 rings (SSSR count). The van der Waals surface area contributed by atoms with Crippen LogP contribution in [-0.4, -0.2) is 23.6 Å². The molecule has 1 aliphatic rings. The van der Waals surface area contributed by atoms with Gasteiger partial charge >= 0.3 is 5.97 Å². The van der Waals surface area contributed by atoms with Crippen LogP contribution in [0.3, 0.4) is 0 Å². The fourth-order valence-electron chi connectivity index (χ4n) is 2.25. The van der Waals surface area contributed by atoms with Gasteiger partial charge in [0.15, 0.2) is 6.10 Å². The average molecular weight is 249 g/mol. The first-order valence-electron chi connectivity index (χ1n) is 5.82. The number of carbonyl (C=O) groups is 2. The first-order valence-corrected chi connectivity index (χ1v) is 5.82. The van der Waals surface area contributed by atoms with E-state index in [1.807, 2.05) is 12.1 Å². The quantitative estimate of drug-likeness (QED) is 0.807. The molecule has 1 atom stereocenters. The Morgan fingerprint density at radius 1 is 1.33 bits per heavy atom. The average Bonchev–Trinajstić information content (AvgIpc) is 2.75. The number of hydrogen-bond acceptors (Lipinski definition) is 3. The summed E-state index contributed by atoms with van der Waals surface area (Å²) < 4.78 is 5.04. The summed E-state index contributed by atoms with van der Waals surface area (Å²) in [6.07, 6.45) is 2.14. The molecule has 5 heteroatoms. The number of hydrogen-bond donors (Lipinski definition) is 2. The third-order valence-corrected chi connectivity index (χ3v) is 3.06. The Bertz CT molecular complexity index is 484. The highest BCUT2D eigenvalue weighted by Crippen LogP contribution is 2.26. The molecule has 0 saturated heterocycles. The summed E-state index contributed by atoms with van der Waals surface area (Å²) in [5.74, 6) is -1.79. The number of primary amides is 1. The molecule has 0 heterocycles. The molecular formula is C13H15NO4. The smallest absolute Gasteiger partial charge is 0.329 e. The van der Waals surface area contributed by atoms with Crippen molar-refractivity contribution in [1.82, 2.24) is 0 Å². The molecule has 3 N–H and O–H groups in total. The van der Waals surface area contributed by atoms with Crippen molar-refractivity contribution in [3.63, 3.8) is 0 Å². The molecule has 96 valence electrons. The monoisotopic (exact) mass is 249 g/mol. The van der Waals surface area contributed by atoms with Gasteiger partial charge in [-0.25, -0.2) is 4.79 Å². The van der Waals surface area contributed by atoms with E-state index in [0.717, 1.165) is 19.3 Å². The predicted octanol–water partition coefficient (Wildman–Crippen LogP) is 0.803. The molecule has 0 aromatic heterocycles. The molecular weight excluding hydrogens is 234 g/mol. The van der Waals surface area contributed by atoms with Crippen LogP contribution >= 0.6 is 0 Å². The van der Waals surface area contributed by atoms with Gasteiger partial charge in [0.1, 0.15) is 6.61 Å². The van der Waals surface area contributed by atoms with E-state index in [1.165, 1.54) is 11.1 Å². The topological polar surface area (TPSA) is 89.6 Å². The number of rotatable bonds is 5. The number of nitrogens with two attached hydrogens (primary N) is 1. The lowest BCUT2D eigenvalue weighted by atomic mass is 10.0. The second kappa shape index (κ2) is 5.18. The maximum absolute atomic E-state index is 11.3. The molecule has 0 radical (unpaired) electrons. The third-order valence-electron chi connectivity index (χ3n) is 3.06. The minimum atomic E-state index is -1.12. The van der Waals surface area contributed by atoms with Gasteiger partial charge in [-0.05, 0) is 36.0 Å². The Kier molecular flexibility index (Phi) is 3.62. The van der Waals surface area contributed by atoms with Gasteiger partial charge in [0.2, 0.25) is 0 Å². The maximum Gasteiger partial charge on any atom is 0.329 e. The second-order valence-corrected chi connectivity index (χ2v) is 4.37. The fraction of sp³-hybridized carbons (Fsp3) is 0.385. The Morgan fingerprint density at radius 2 is 2.06 bits per heavy atom. The van der Waals surface area contributed by atoms with Crippen molar-refractivity contribution >= 4 is 11.9 Å². The van der Waals surface area contributed by atoms with Gasteiger partial charge in [-0.2, -0.15) is 0 Å². The van der Waals surface area contributed by atoms with Crippen molar-refractivity contribution in [2.75, 3.05) is 6.61 Å². The zero-order valence-corrected chi connectivity index (χ0v) is 9.89. The number of carboxylic acid groups (broad SMARTS) is 1. The zero-order chi connectivity index (χ0) is 13.1. The van der Waals surface area contributed by atoms with Crippen molar-refractivity contribution in [3.8, 4) is 0 Å². The largest absolute Gasteiger partial charge is 0.480 e. The highest BCUT2D eigenvalue weighted by Gasteiger charge is 2.21. The minimum absolute atomic E-state index is 0.537. The standard InChI is InChI=1S/C13H15NO4/c14-13(17)12(18-7-11(15)16)10-5-4-8-2-1-3-9(8)6-10/h4-6,12H,1-3,7H2,(H2,14,17)(H,15,16). The molecule has 0 aliphatic heterocycles. The van der Waals surface area contributed by atoms with Crippen LogP contribution in [0.1, 0.15) is 29.2 Å². The lowest BCUT2D eigenvalue weighted by Gasteiger charge is -2.14. The maximum atomic E-state index is 11.3. The first kappa shape index (κ1) is 12.6. The van der Waals surface area contributed by atoms with E-state index < -0.39 is 24.6 Å². The molecule has 0 fully saturated rings. The molecule has 1 aromatic rings. The third kappa shape index (κ3) is 2.68. The fourth-order valence-corrected chi connectivity index (χ4v) is 2.25. The molecule has 18 heavy (non-hydrogen) atoms. The molecule has 1 unspecified atom stereocenters. The number of carboxylic acids is 1. The highest BCUT2D eigenvalue weighted by molar-refractivity contribution is 5.81. The van der Waals surface area contributed by atoms with Gasteiger partial charge in [-0.1, -0.05) is 18.2 Å². The van der Waals surface area contributed by atoms with Gasteiger partial charge in [0.05, 0.1) is 0 Å². The van der Waals surface area contributed by atoms with Crippen LogP contribution in [0.5, 0.6) is 0 Å². The summed E-state index contributed by atoms with van der Waals surface area (Å²) in [5.41, 5.74) is 8.34. The van der Waals surface area contributed by atoms with Crippen LogP contribution in [0.4, 0.5) is 0 Å². The lowest BCUT2D eigenvalue weighted by Crippen LogP contribution is -2.26. The molecule has 0 spiro atoms. The van der Waals surface area contributed by atoms with Crippen molar-refractivity contribution in [3.05, 3.63) is 34.9 Å². The zero-order valence-electron chi connectivity index (χ0n) is 9.89. The molecule has 5 nitrogen and oxygen atoms in total. The Labute approximate surface area is 105 Å². The van der Waals surface area contributed by atoms with Crippen LogP contribution < -0.4 is 5.73 Å². The first-order chi connectivity index (χ1) is 8.58. The van der Waals surface area contributed by atoms with Crippen molar-refractivity contribution in [1.29, 1.82) is 0 Å². The van der Waals surface area contributed by atoms with Crippen LogP contribution in [0, 0.1) is 0 Å². The van der Waals surface area contributed by atoms with Gasteiger partial charge < -0.3 is 15.6 Å². The normalized spacial score (nSPS) is 15.1. The van der Waals surface area contributed by atoms with Crippen LogP contribution in [0.2, 0.25) is 0 Å². The van der Waals surface area contributed by atoms with E-state index in [4.69, 9.17) is 15.6 Å². The van der Waals surface area contributed by atoms with E-state index in [0.29, 0.717) is 5.56 Å². The minimum Gasteiger partial charge on any atom is -0.480 e. The van der Waals surface area contributed by atoms with Crippen LogP contribution in [0.15, 0.2) is 18.2 Å². The number of amides is 1. The summed E-state index contributed by atoms with van der Waals surface area (Å²) >= 11 is 0. The van der Waals surface area contributed by atoms with E-state index in [-0.39, 0.29) is 0 Å². The Balaban J connectivity index is 2.20. The van der Waals surface area contributed by atoms with E-state index in [1.54, 1.807) is 6.07 Å². The number of aliphatic carboxylic acids is 1. The summed E-state index contributed by atoms with van der Waals surface area (Å²) in [6, 6.07) is 5.62. The van der Waals surface area contributed by atoms with E-state index in [2.05, 4.69) is 0 Å². The van der Waals surface area contributed by atoms with Crippen molar-refractivity contribution in [2.24, 2.45) is 5.73 Å². The summed E-state index contributed by atoms with van der Waals surface area (Å²) in [4.78, 5) is 21.8. The van der Waals surface area contributed by atoms with Gasteiger partial charge in [-0.15, -0.1) is 0 Å². The molecule has 1 aliphatic carbocycles. The predicted molar refractivity (Wildman–Crippen MR) is 64.0 cm³/mol. The number of aryl methyl sites for hydroxylation is 2. The number of carbonyl (C=O) groups excluding carboxylic acids is 1.